The summed E-state index contributed by atoms with van der Waals surface area (Å²) in [7, 11) is 0. The Hall–Kier alpha value is -1.84. The van der Waals surface area contributed by atoms with Crippen molar-refractivity contribution in [2.75, 3.05) is 0 Å². The van der Waals surface area contributed by atoms with Crippen LogP contribution in [0.1, 0.15) is 6.92 Å². The van der Waals surface area contributed by atoms with E-state index in [1.807, 2.05) is 12.4 Å². The Morgan fingerprint density at radius 3 is 3.07 bits per heavy atom. The molecule has 4 nitrogen and oxygen atoms in total. The second kappa shape index (κ2) is 2.57. The first-order chi connectivity index (χ1) is 6.90. The topological polar surface area (TPSA) is 46.5 Å². The van der Waals surface area contributed by atoms with Crippen LogP contribution in [0, 0.1) is 0 Å². The maximum absolute atomic E-state index is 4.37. The van der Waals surface area contributed by atoms with Gasteiger partial charge in [0.05, 0.1) is 23.7 Å². The predicted octanol–water partition coefficient (Wildman–Crippen LogP) is 1.93. The molecule has 0 aliphatic carbocycles. The van der Waals surface area contributed by atoms with Crippen LogP contribution < -0.4 is 0 Å². The van der Waals surface area contributed by atoms with Gasteiger partial charge in [-0.2, -0.15) is 0 Å². The summed E-state index contributed by atoms with van der Waals surface area (Å²) in [4.78, 5) is 11.7. The van der Waals surface area contributed by atoms with Gasteiger partial charge in [0.15, 0.2) is 0 Å². The molecule has 0 unspecified atom stereocenters. The molecule has 1 aromatic carbocycles. The van der Waals surface area contributed by atoms with E-state index in [2.05, 4.69) is 32.5 Å². The molecule has 0 amide bonds. The molecule has 4 heteroatoms. The second-order valence-corrected chi connectivity index (χ2v) is 3.26. The fraction of sp³-hybridized carbons (Fsp3) is 0.200. The lowest BCUT2D eigenvalue weighted by Gasteiger charge is -1.97. The van der Waals surface area contributed by atoms with Crippen molar-refractivity contribution in [3.8, 4) is 0 Å². The maximum Gasteiger partial charge on any atom is 0.116 e. The highest BCUT2D eigenvalue weighted by atomic mass is 15.0. The number of H-pyrrole nitrogens is 1. The summed E-state index contributed by atoms with van der Waals surface area (Å²) in [5, 5.41) is 0. The van der Waals surface area contributed by atoms with E-state index in [4.69, 9.17) is 0 Å². The number of nitrogens with zero attached hydrogens (tertiary/aromatic N) is 3. The molecule has 0 aliphatic rings. The van der Waals surface area contributed by atoms with Gasteiger partial charge in [0.1, 0.15) is 11.0 Å². The van der Waals surface area contributed by atoms with Crippen LogP contribution in [0.3, 0.4) is 0 Å². The Kier molecular flexibility index (Phi) is 1.39. The number of aromatic amines is 1. The molecular formula is C10H10N4. The van der Waals surface area contributed by atoms with Crippen molar-refractivity contribution in [3.63, 3.8) is 0 Å². The van der Waals surface area contributed by atoms with Crippen LogP contribution in [0.15, 0.2) is 24.8 Å². The van der Waals surface area contributed by atoms with Crippen LogP contribution in [0.5, 0.6) is 0 Å². The number of imidazole rings is 2. The Morgan fingerprint density at radius 1 is 1.29 bits per heavy atom. The highest BCUT2D eigenvalue weighted by Gasteiger charge is 2.06. The SMILES string of the molecule is CCn1cnc2c3nc[nH]c3ccc21. The summed E-state index contributed by atoms with van der Waals surface area (Å²) >= 11 is 0. The van der Waals surface area contributed by atoms with Crippen LogP contribution in [0.2, 0.25) is 0 Å². The number of aryl methyl sites for hydroxylation is 1. The van der Waals surface area contributed by atoms with Gasteiger partial charge in [-0.25, -0.2) is 9.97 Å². The molecule has 3 rings (SSSR count). The van der Waals surface area contributed by atoms with Crippen molar-refractivity contribution < 1.29 is 0 Å². The quantitative estimate of drug-likeness (QED) is 0.631. The van der Waals surface area contributed by atoms with E-state index >= 15 is 0 Å². The Bertz CT molecular complexity index is 590. The van der Waals surface area contributed by atoms with Gasteiger partial charge in [-0.1, -0.05) is 0 Å². The van der Waals surface area contributed by atoms with Crippen LogP contribution in [0.4, 0.5) is 0 Å². The van der Waals surface area contributed by atoms with Crippen molar-refractivity contribution >= 4 is 22.1 Å². The molecule has 70 valence electrons. The molecule has 14 heavy (non-hydrogen) atoms. The van der Waals surface area contributed by atoms with Gasteiger partial charge < -0.3 is 9.55 Å². The van der Waals surface area contributed by atoms with Crippen molar-refractivity contribution in [1.29, 1.82) is 0 Å². The van der Waals surface area contributed by atoms with Crippen molar-refractivity contribution in [2.45, 2.75) is 13.5 Å². The van der Waals surface area contributed by atoms with Gasteiger partial charge in [0, 0.05) is 6.54 Å². The first-order valence-electron chi connectivity index (χ1n) is 4.67. The van der Waals surface area contributed by atoms with Crippen LogP contribution >= 0.6 is 0 Å². The molecule has 1 N–H and O–H groups in total. The van der Waals surface area contributed by atoms with Gasteiger partial charge >= 0.3 is 0 Å². The molecule has 0 atom stereocenters. The summed E-state index contributed by atoms with van der Waals surface area (Å²) in [5.41, 5.74) is 4.12. The molecule has 3 aromatic rings. The van der Waals surface area contributed by atoms with E-state index in [1.165, 1.54) is 0 Å². The number of hydrogen-bond acceptors (Lipinski definition) is 2. The number of hydrogen-bond donors (Lipinski definition) is 1. The molecule has 0 saturated heterocycles. The Morgan fingerprint density at radius 2 is 2.21 bits per heavy atom. The summed E-state index contributed by atoms with van der Waals surface area (Å²) in [5.74, 6) is 0. The number of fused-ring (bicyclic) bond motifs is 3. The monoisotopic (exact) mass is 186 g/mol. The van der Waals surface area contributed by atoms with Gasteiger partial charge in [-0.05, 0) is 19.1 Å². The van der Waals surface area contributed by atoms with Crippen LogP contribution in [-0.2, 0) is 6.54 Å². The minimum Gasteiger partial charge on any atom is -0.345 e. The lowest BCUT2D eigenvalue weighted by molar-refractivity contribution is 0.787. The van der Waals surface area contributed by atoms with E-state index in [-0.39, 0.29) is 0 Å². The zero-order valence-electron chi connectivity index (χ0n) is 7.86. The lowest BCUT2D eigenvalue weighted by atomic mass is 10.2. The largest absolute Gasteiger partial charge is 0.345 e. The average Bonchev–Trinajstić information content (AvgIpc) is 2.82. The van der Waals surface area contributed by atoms with Crippen molar-refractivity contribution in [1.82, 2.24) is 19.5 Å². The van der Waals surface area contributed by atoms with E-state index in [1.54, 1.807) is 6.33 Å². The first-order valence-corrected chi connectivity index (χ1v) is 4.67. The summed E-state index contributed by atoms with van der Waals surface area (Å²) in [6.45, 7) is 3.04. The molecule has 0 radical (unpaired) electrons. The highest BCUT2D eigenvalue weighted by molar-refractivity contribution is 6.00. The normalized spacial score (nSPS) is 11.5. The average molecular weight is 186 g/mol. The number of nitrogens with one attached hydrogen (secondary N) is 1. The highest BCUT2D eigenvalue weighted by Crippen LogP contribution is 2.20. The molecule has 0 saturated carbocycles. The molecule has 0 spiro atoms. The third-order valence-electron chi connectivity index (χ3n) is 2.52. The van der Waals surface area contributed by atoms with Gasteiger partial charge in [-0.3, -0.25) is 0 Å². The zero-order valence-corrected chi connectivity index (χ0v) is 7.86. The fourth-order valence-electron chi connectivity index (χ4n) is 1.78. The number of rotatable bonds is 1. The van der Waals surface area contributed by atoms with E-state index in [9.17, 15) is 0 Å². The fourth-order valence-corrected chi connectivity index (χ4v) is 1.78. The molecular weight excluding hydrogens is 176 g/mol. The minimum atomic E-state index is 0.937. The molecule has 0 aliphatic heterocycles. The Labute approximate surface area is 80.6 Å². The predicted molar refractivity (Wildman–Crippen MR) is 55.1 cm³/mol. The standard InChI is InChI=1S/C10H10N4/c1-2-14-6-13-10-8(14)4-3-7-9(10)12-5-11-7/h3-6H,2H2,1H3,(H,11,12). The molecule has 2 aromatic heterocycles. The zero-order chi connectivity index (χ0) is 9.54. The van der Waals surface area contributed by atoms with Gasteiger partial charge in [0.25, 0.3) is 0 Å². The summed E-state index contributed by atoms with van der Waals surface area (Å²) in [6, 6.07) is 4.12. The number of benzene rings is 1. The second-order valence-electron chi connectivity index (χ2n) is 3.26. The van der Waals surface area contributed by atoms with Crippen molar-refractivity contribution in [2.24, 2.45) is 0 Å². The smallest absolute Gasteiger partial charge is 0.116 e. The van der Waals surface area contributed by atoms with Gasteiger partial charge in [-0.15, -0.1) is 0 Å². The third kappa shape index (κ3) is 0.824. The molecule has 0 fully saturated rings. The molecule has 0 bridgehead atoms. The third-order valence-corrected chi connectivity index (χ3v) is 2.52. The molecule has 2 heterocycles. The maximum atomic E-state index is 4.37. The van der Waals surface area contributed by atoms with Crippen LogP contribution in [0.25, 0.3) is 22.1 Å². The summed E-state index contributed by atoms with van der Waals surface area (Å²) in [6.07, 6.45) is 3.56. The summed E-state index contributed by atoms with van der Waals surface area (Å²) < 4.78 is 2.11. The first kappa shape index (κ1) is 7.55. The van der Waals surface area contributed by atoms with E-state index < -0.39 is 0 Å². The van der Waals surface area contributed by atoms with Gasteiger partial charge in [0.2, 0.25) is 0 Å². The van der Waals surface area contributed by atoms with Crippen LogP contribution in [-0.4, -0.2) is 19.5 Å². The van der Waals surface area contributed by atoms with Crippen molar-refractivity contribution in [3.05, 3.63) is 24.8 Å². The van der Waals surface area contributed by atoms with E-state index in [0.29, 0.717) is 0 Å². The lowest BCUT2D eigenvalue weighted by Crippen LogP contribution is -1.89. The number of aromatic nitrogens is 4. The van der Waals surface area contributed by atoms with E-state index in [0.717, 1.165) is 28.6 Å². The Balaban J connectivity index is 2.52. The minimum absolute atomic E-state index is 0.937.